The van der Waals surface area contributed by atoms with E-state index in [1.54, 1.807) is 12.1 Å². The molecule has 0 aliphatic carbocycles. The van der Waals surface area contributed by atoms with Gasteiger partial charge in [-0.25, -0.2) is 13.9 Å². The highest BCUT2D eigenvalue weighted by Gasteiger charge is 2.51. The summed E-state index contributed by atoms with van der Waals surface area (Å²) in [7, 11) is 1.39. The van der Waals surface area contributed by atoms with Gasteiger partial charge in [0, 0.05) is 44.2 Å². The van der Waals surface area contributed by atoms with Crippen LogP contribution in [0, 0.1) is 5.82 Å². The van der Waals surface area contributed by atoms with Gasteiger partial charge in [-0.15, -0.1) is 0 Å². The summed E-state index contributed by atoms with van der Waals surface area (Å²) in [5.74, 6) is -2.29. The van der Waals surface area contributed by atoms with Gasteiger partial charge >= 0.3 is 12.2 Å². The van der Waals surface area contributed by atoms with E-state index in [9.17, 15) is 31.9 Å². The van der Waals surface area contributed by atoms with Crippen molar-refractivity contribution < 1.29 is 31.9 Å². The highest BCUT2D eigenvalue weighted by molar-refractivity contribution is 6.07. The normalized spacial score (nSPS) is 17.4. The zero-order chi connectivity index (χ0) is 26.5. The quantitative estimate of drug-likeness (QED) is 0.426. The second kappa shape index (κ2) is 8.68. The maximum absolute atomic E-state index is 14.3. The summed E-state index contributed by atoms with van der Waals surface area (Å²) in [6, 6.07) is 6.63. The number of pyridine rings is 1. The smallest absolute Gasteiger partial charge is 0.337 e. The Balaban J connectivity index is 1.46. The summed E-state index contributed by atoms with van der Waals surface area (Å²) in [6.07, 6.45) is -1.43. The number of hydrogen-bond donors (Lipinski definition) is 1. The lowest BCUT2D eigenvalue weighted by Gasteiger charge is -2.36. The summed E-state index contributed by atoms with van der Waals surface area (Å²) in [5, 5.41) is 7.01. The first-order chi connectivity index (χ1) is 17.5. The number of likely N-dealkylation sites (N-methyl/N-ethyl adjacent to an activating group) is 1. The molecule has 9 nitrogen and oxygen atoms in total. The summed E-state index contributed by atoms with van der Waals surface area (Å²) >= 11 is 0. The molecule has 0 saturated carbocycles. The van der Waals surface area contributed by atoms with E-state index in [1.807, 2.05) is 0 Å². The minimum atomic E-state index is -4.86. The molecule has 2 aromatic heterocycles. The Morgan fingerprint density at radius 3 is 2.30 bits per heavy atom. The number of urea groups is 1. The predicted octanol–water partition coefficient (Wildman–Crippen LogP) is 3.25. The van der Waals surface area contributed by atoms with Gasteiger partial charge in [-0.3, -0.25) is 19.5 Å². The summed E-state index contributed by atoms with van der Waals surface area (Å²) in [6.45, 7) is 0.343. The van der Waals surface area contributed by atoms with Gasteiger partial charge in [-0.2, -0.15) is 18.3 Å². The molecule has 0 unspecified atom stereocenters. The van der Waals surface area contributed by atoms with Crippen molar-refractivity contribution in [2.45, 2.75) is 24.6 Å². The van der Waals surface area contributed by atoms with E-state index in [1.165, 1.54) is 35.1 Å². The number of amides is 4. The van der Waals surface area contributed by atoms with Gasteiger partial charge in [0.2, 0.25) is 0 Å². The fourth-order valence-electron chi connectivity index (χ4n) is 4.62. The molecule has 2 fully saturated rings. The highest BCUT2D eigenvalue weighted by Crippen LogP contribution is 2.34. The number of carbonyl (C=O) groups excluding carboxylic acids is 3. The zero-order valence-corrected chi connectivity index (χ0v) is 19.4. The number of likely N-dealkylation sites (tertiary alicyclic amines) is 1. The van der Waals surface area contributed by atoms with E-state index in [4.69, 9.17) is 0 Å². The molecule has 0 bridgehead atoms. The second-order valence-electron chi connectivity index (χ2n) is 8.89. The molecule has 5 rings (SSSR count). The Bertz CT molecular complexity index is 1400. The van der Waals surface area contributed by atoms with Gasteiger partial charge in [0.05, 0.1) is 16.9 Å². The molecule has 192 valence electrons. The lowest BCUT2D eigenvalue weighted by Crippen LogP contribution is -2.55. The summed E-state index contributed by atoms with van der Waals surface area (Å²) < 4.78 is 54.7. The first-order valence-electron chi connectivity index (χ1n) is 11.3. The van der Waals surface area contributed by atoms with E-state index >= 15 is 0 Å². The van der Waals surface area contributed by atoms with Crippen LogP contribution in [-0.2, 0) is 11.0 Å². The van der Waals surface area contributed by atoms with Crippen LogP contribution in [0.5, 0.6) is 0 Å². The van der Waals surface area contributed by atoms with Gasteiger partial charge in [-0.05, 0) is 43.2 Å². The fraction of sp³-hybridized carbons (Fsp3) is 0.292. The van der Waals surface area contributed by atoms with Crippen LogP contribution in [0.2, 0.25) is 0 Å². The largest absolute Gasteiger partial charge is 0.419 e. The molecule has 1 aromatic carbocycles. The van der Waals surface area contributed by atoms with Crippen molar-refractivity contribution in [1.29, 1.82) is 0 Å². The molecule has 2 aliphatic heterocycles. The number of hydrogen-bond acceptors (Lipinski definition) is 5. The monoisotopic (exact) mass is 516 g/mol. The molecule has 1 spiro atoms. The van der Waals surface area contributed by atoms with Crippen molar-refractivity contribution in [2.75, 3.05) is 20.1 Å². The van der Waals surface area contributed by atoms with E-state index in [-0.39, 0.29) is 43.2 Å². The van der Waals surface area contributed by atoms with Crippen molar-refractivity contribution >= 4 is 17.8 Å². The van der Waals surface area contributed by atoms with Gasteiger partial charge in [0.25, 0.3) is 11.8 Å². The lowest BCUT2D eigenvalue weighted by atomic mass is 9.87. The molecule has 4 heterocycles. The number of alkyl halides is 3. The van der Waals surface area contributed by atoms with Gasteiger partial charge in [0.1, 0.15) is 11.4 Å². The third-order valence-electron chi connectivity index (χ3n) is 6.68. The fourth-order valence-corrected chi connectivity index (χ4v) is 4.62. The third kappa shape index (κ3) is 4.19. The van der Waals surface area contributed by atoms with Crippen LogP contribution in [0.25, 0.3) is 16.9 Å². The minimum absolute atomic E-state index is 0.00346. The van der Waals surface area contributed by atoms with Crippen molar-refractivity contribution in [2.24, 2.45) is 0 Å². The molecule has 0 radical (unpaired) electrons. The van der Waals surface area contributed by atoms with Gasteiger partial charge in [-0.1, -0.05) is 0 Å². The first kappa shape index (κ1) is 24.4. The molecule has 2 aliphatic rings. The molecule has 37 heavy (non-hydrogen) atoms. The molecule has 0 atom stereocenters. The Kier molecular flexibility index (Phi) is 5.72. The topological polar surface area (TPSA) is 100 Å². The van der Waals surface area contributed by atoms with Crippen LogP contribution >= 0.6 is 0 Å². The number of halogens is 4. The number of rotatable bonds is 3. The molecule has 13 heteroatoms. The molecule has 4 amide bonds. The van der Waals surface area contributed by atoms with Gasteiger partial charge < -0.3 is 10.2 Å². The SMILES string of the molecule is CN1C(=O)NC2(CCN(C(=O)c3cc(-c4ccncc4)n(-c4ccc(C(F)(F)F)c(F)c4)n3)CC2)C1=O. The number of nitrogens with zero attached hydrogens (tertiary/aromatic N) is 5. The van der Waals surface area contributed by atoms with Crippen molar-refractivity contribution in [3.63, 3.8) is 0 Å². The average Bonchev–Trinajstić information content (AvgIpc) is 3.40. The molecular weight excluding hydrogens is 496 g/mol. The number of carbonyl (C=O) groups is 3. The maximum atomic E-state index is 14.3. The average molecular weight is 516 g/mol. The van der Waals surface area contributed by atoms with E-state index in [2.05, 4.69) is 15.4 Å². The number of piperidine rings is 1. The predicted molar refractivity (Wildman–Crippen MR) is 121 cm³/mol. The van der Waals surface area contributed by atoms with Crippen LogP contribution in [-0.4, -0.2) is 68.1 Å². The highest BCUT2D eigenvalue weighted by atomic mass is 19.4. The zero-order valence-electron chi connectivity index (χ0n) is 19.4. The lowest BCUT2D eigenvalue weighted by molar-refractivity contribution is -0.140. The first-order valence-corrected chi connectivity index (χ1v) is 11.3. The number of imide groups is 1. The number of benzene rings is 1. The number of nitrogens with one attached hydrogen (secondary N) is 1. The molecule has 2 saturated heterocycles. The standard InChI is InChI=1S/C24H20F4N6O3/c1-32-21(36)23(30-22(32)37)6-10-33(11-7-23)20(35)18-13-19(14-4-8-29-9-5-14)34(31-18)15-2-3-16(17(25)12-15)24(26,27)28/h2-5,8-9,12-13H,6-7,10-11H2,1H3,(H,30,37). The maximum Gasteiger partial charge on any atom is 0.419 e. The van der Waals surface area contributed by atoms with Crippen molar-refractivity contribution in [1.82, 2.24) is 29.9 Å². The summed E-state index contributed by atoms with van der Waals surface area (Å²) in [4.78, 5) is 44.2. The van der Waals surface area contributed by atoms with E-state index in [0.717, 1.165) is 11.0 Å². The third-order valence-corrected chi connectivity index (χ3v) is 6.68. The van der Waals surface area contributed by atoms with Crippen molar-refractivity contribution in [3.05, 3.63) is 65.9 Å². The molecule has 1 N–H and O–H groups in total. The van der Waals surface area contributed by atoms with E-state index in [0.29, 0.717) is 23.4 Å². The Hall–Kier alpha value is -4.29. The van der Waals surface area contributed by atoms with Crippen LogP contribution in [0.3, 0.4) is 0 Å². The van der Waals surface area contributed by atoms with Gasteiger partial charge in [0.15, 0.2) is 5.69 Å². The molecule has 3 aromatic rings. The number of aromatic nitrogens is 3. The van der Waals surface area contributed by atoms with Crippen LogP contribution in [0.4, 0.5) is 22.4 Å². The van der Waals surface area contributed by atoms with Crippen LogP contribution in [0.15, 0.2) is 48.8 Å². The van der Waals surface area contributed by atoms with Crippen LogP contribution in [0.1, 0.15) is 28.9 Å². The molecular formula is C24H20F4N6O3. The van der Waals surface area contributed by atoms with E-state index < -0.39 is 35.0 Å². The Morgan fingerprint density at radius 1 is 1.05 bits per heavy atom. The van der Waals surface area contributed by atoms with Crippen LogP contribution < -0.4 is 5.32 Å². The summed E-state index contributed by atoms with van der Waals surface area (Å²) in [5.41, 5.74) is -1.58. The minimum Gasteiger partial charge on any atom is -0.337 e. The van der Waals surface area contributed by atoms with Crippen molar-refractivity contribution in [3.8, 4) is 16.9 Å². The Labute approximate surface area is 207 Å². The second-order valence-corrected chi connectivity index (χ2v) is 8.89. The Morgan fingerprint density at radius 2 is 1.73 bits per heavy atom.